The van der Waals surface area contributed by atoms with Gasteiger partial charge in [0.25, 0.3) is 0 Å². The van der Waals surface area contributed by atoms with Gasteiger partial charge in [0.1, 0.15) is 0 Å². The monoisotopic (exact) mass is 271 g/mol. The highest BCUT2D eigenvalue weighted by atomic mass is 35.5. The normalized spacial score (nSPS) is 26.7. The van der Waals surface area contributed by atoms with Crippen molar-refractivity contribution in [3.05, 3.63) is 0 Å². The molecule has 5 nitrogen and oxygen atoms in total. The second-order valence-electron chi connectivity index (χ2n) is 4.71. The van der Waals surface area contributed by atoms with E-state index in [2.05, 4.69) is 16.5 Å². The summed E-state index contributed by atoms with van der Waals surface area (Å²) >= 11 is 0. The summed E-state index contributed by atoms with van der Waals surface area (Å²) in [6, 6.07) is 0. The van der Waals surface area contributed by atoms with Crippen LogP contribution in [-0.4, -0.2) is 52.3 Å². The Morgan fingerprint density at radius 2 is 2.12 bits per heavy atom. The number of sulfonamides is 1. The van der Waals surface area contributed by atoms with Gasteiger partial charge in [0.05, 0.1) is 6.26 Å². The fourth-order valence-corrected chi connectivity index (χ4v) is 2.33. The molecule has 1 unspecified atom stereocenters. The second-order valence-corrected chi connectivity index (χ2v) is 6.54. The molecular formula is C9H22ClN3O2S. The van der Waals surface area contributed by atoms with Crippen LogP contribution < -0.4 is 10.5 Å². The Kier molecular flexibility index (Phi) is 6.21. The summed E-state index contributed by atoms with van der Waals surface area (Å²) in [4.78, 5) is 2.26. The van der Waals surface area contributed by atoms with Gasteiger partial charge >= 0.3 is 0 Å². The van der Waals surface area contributed by atoms with Gasteiger partial charge in [0.15, 0.2) is 0 Å². The standard InChI is InChI=1S/C9H21N3O2S.ClH/c1-9(7-10)3-5-12(8-9)6-4-11-15(2,13)14;/h11H,3-8,10H2,1-2H3;1H. The van der Waals surface area contributed by atoms with Crippen molar-refractivity contribution in [2.75, 3.05) is 39.0 Å². The molecule has 0 aliphatic carbocycles. The lowest BCUT2D eigenvalue weighted by Gasteiger charge is -2.22. The van der Waals surface area contributed by atoms with Crippen molar-refractivity contribution < 1.29 is 8.42 Å². The Morgan fingerprint density at radius 1 is 1.50 bits per heavy atom. The lowest BCUT2D eigenvalue weighted by Crippen LogP contribution is -2.36. The summed E-state index contributed by atoms with van der Waals surface area (Å²) in [5, 5.41) is 0. The van der Waals surface area contributed by atoms with E-state index in [1.54, 1.807) is 0 Å². The zero-order valence-corrected chi connectivity index (χ0v) is 11.5. The first kappa shape index (κ1) is 16.1. The number of halogens is 1. The summed E-state index contributed by atoms with van der Waals surface area (Å²) in [6.07, 6.45) is 2.28. The highest BCUT2D eigenvalue weighted by Crippen LogP contribution is 2.27. The molecule has 0 aromatic carbocycles. The van der Waals surface area contributed by atoms with Crippen molar-refractivity contribution in [1.82, 2.24) is 9.62 Å². The molecule has 7 heteroatoms. The predicted octanol–water partition coefficient (Wildman–Crippen LogP) is -0.372. The maximum atomic E-state index is 10.8. The minimum Gasteiger partial charge on any atom is -0.330 e. The van der Waals surface area contributed by atoms with Gasteiger partial charge in [0.2, 0.25) is 10.0 Å². The van der Waals surface area contributed by atoms with Crippen molar-refractivity contribution in [2.45, 2.75) is 13.3 Å². The summed E-state index contributed by atoms with van der Waals surface area (Å²) in [7, 11) is -3.05. The Hall–Kier alpha value is 0.120. The highest BCUT2D eigenvalue weighted by molar-refractivity contribution is 7.88. The van der Waals surface area contributed by atoms with Gasteiger partial charge in [-0.05, 0) is 24.9 Å². The first-order valence-corrected chi connectivity index (χ1v) is 7.11. The molecule has 1 saturated heterocycles. The molecule has 3 N–H and O–H groups in total. The van der Waals surface area contributed by atoms with E-state index in [9.17, 15) is 8.42 Å². The van der Waals surface area contributed by atoms with E-state index in [-0.39, 0.29) is 17.8 Å². The summed E-state index contributed by atoms with van der Waals surface area (Å²) in [5.41, 5.74) is 5.90. The Balaban J connectivity index is 0.00000225. The number of rotatable bonds is 5. The van der Waals surface area contributed by atoms with Gasteiger partial charge in [-0.2, -0.15) is 0 Å². The number of nitrogens with two attached hydrogens (primary N) is 1. The van der Waals surface area contributed by atoms with Crippen LogP contribution in [0.5, 0.6) is 0 Å². The average molecular weight is 272 g/mol. The number of hydrogen-bond donors (Lipinski definition) is 2. The first-order chi connectivity index (χ1) is 6.85. The molecule has 1 aliphatic heterocycles. The van der Waals surface area contributed by atoms with Crippen molar-refractivity contribution in [1.29, 1.82) is 0 Å². The summed E-state index contributed by atoms with van der Waals surface area (Å²) < 4.78 is 24.2. The molecule has 98 valence electrons. The number of nitrogens with zero attached hydrogens (tertiary/aromatic N) is 1. The lowest BCUT2D eigenvalue weighted by atomic mass is 9.90. The third kappa shape index (κ3) is 5.45. The fraction of sp³-hybridized carbons (Fsp3) is 1.00. The quantitative estimate of drug-likeness (QED) is 0.715. The van der Waals surface area contributed by atoms with Crippen molar-refractivity contribution in [2.24, 2.45) is 11.1 Å². The maximum absolute atomic E-state index is 10.8. The molecular weight excluding hydrogens is 250 g/mol. The van der Waals surface area contributed by atoms with E-state index in [0.717, 1.165) is 26.1 Å². The molecule has 1 fully saturated rings. The zero-order chi connectivity index (χ0) is 11.5. The summed E-state index contributed by atoms with van der Waals surface area (Å²) in [5.74, 6) is 0. The fourth-order valence-electron chi connectivity index (χ4n) is 1.87. The van der Waals surface area contributed by atoms with Crippen molar-refractivity contribution in [3.63, 3.8) is 0 Å². The third-order valence-electron chi connectivity index (χ3n) is 2.92. The van der Waals surface area contributed by atoms with Crippen LogP contribution in [0.2, 0.25) is 0 Å². The van der Waals surface area contributed by atoms with E-state index in [4.69, 9.17) is 5.73 Å². The van der Waals surface area contributed by atoms with Gasteiger partial charge in [-0.3, -0.25) is 0 Å². The number of nitrogens with one attached hydrogen (secondary N) is 1. The van der Waals surface area contributed by atoms with E-state index >= 15 is 0 Å². The van der Waals surface area contributed by atoms with Crippen molar-refractivity contribution in [3.8, 4) is 0 Å². The second kappa shape index (κ2) is 6.16. The minimum atomic E-state index is -3.05. The topological polar surface area (TPSA) is 75.4 Å². The summed E-state index contributed by atoms with van der Waals surface area (Å²) in [6.45, 7) is 6.11. The van der Waals surface area contributed by atoms with Gasteiger partial charge in [-0.15, -0.1) is 12.4 Å². The first-order valence-electron chi connectivity index (χ1n) is 5.22. The molecule has 0 aromatic rings. The van der Waals surface area contributed by atoms with Crippen LogP contribution in [-0.2, 0) is 10.0 Å². The Bertz CT molecular complexity index is 310. The Morgan fingerprint density at radius 3 is 2.56 bits per heavy atom. The van der Waals surface area contributed by atoms with E-state index < -0.39 is 10.0 Å². The highest BCUT2D eigenvalue weighted by Gasteiger charge is 2.31. The smallest absolute Gasteiger partial charge is 0.208 e. The van der Waals surface area contributed by atoms with Crippen LogP contribution in [0.4, 0.5) is 0 Å². The van der Waals surface area contributed by atoms with Crippen LogP contribution in [0.3, 0.4) is 0 Å². The zero-order valence-electron chi connectivity index (χ0n) is 9.90. The van der Waals surface area contributed by atoms with Gasteiger partial charge in [0, 0.05) is 19.6 Å². The van der Waals surface area contributed by atoms with Gasteiger partial charge in [-0.25, -0.2) is 13.1 Å². The number of hydrogen-bond acceptors (Lipinski definition) is 4. The molecule has 1 aliphatic rings. The predicted molar refractivity (Wildman–Crippen MR) is 68.3 cm³/mol. The number of likely N-dealkylation sites (tertiary alicyclic amines) is 1. The van der Waals surface area contributed by atoms with E-state index in [0.29, 0.717) is 13.1 Å². The molecule has 0 aromatic heterocycles. The molecule has 0 bridgehead atoms. The van der Waals surface area contributed by atoms with Crippen LogP contribution in [0.25, 0.3) is 0 Å². The molecule has 16 heavy (non-hydrogen) atoms. The largest absolute Gasteiger partial charge is 0.330 e. The molecule has 1 atom stereocenters. The average Bonchev–Trinajstić information content (AvgIpc) is 2.47. The molecule has 1 heterocycles. The Labute approximate surface area is 104 Å². The molecule has 0 radical (unpaired) electrons. The van der Waals surface area contributed by atoms with Crippen LogP contribution in [0, 0.1) is 5.41 Å². The van der Waals surface area contributed by atoms with Crippen LogP contribution in [0.1, 0.15) is 13.3 Å². The lowest BCUT2D eigenvalue weighted by molar-refractivity contribution is 0.284. The molecule has 0 spiro atoms. The van der Waals surface area contributed by atoms with Gasteiger partial charge in [-0.1, -0.05) is 6.92 Å². The SMILES string of the molecule is CC1(CN)CCN(CCNS(C)(=O)=O)C1.Cl. The minimum absolute atomic E-state index is 0. The van der Waals surface area contributed by atoms with Crippen LogP contribution in [0.15, 0.2) is 0 Å². The van der Waals surface area contributed by atoms with Crippen molar-refractivity contribution >= 4 is 22.4 Å². The van der Waals surface area contributed by atoms with E-state index in [1.165, 1.54) is 6.26 Å². The molecule has 1 rings (SSSR count). The maximum Gasteiger partial charge on any atom is 0.208 e. The molecule has 0 amide bonds. The van der Waals surface area contributed by atoms with E-state index in [1.807, 2.05) is 0 Å². The van der Waals surface area contributed by atoms with Gasteiger partial charge < -0.3 is 10.6 Å². The molecule has 0 saturated carbocycles. The third-order valence-corrected chi connectivity index (χ3v) is 3.65. The van der Waals surface area contributed by atoms with Crippen LogP contribution >= 0.6 is 12.4 Å².